The fourth-order valence-electron chi connectivity index (χ4n) is 3.62. The average molecular weight is 429 g/mol. The van der Waals surface area contributed by atoms with Gasteiger partial charge in [-0.2, -0.15) is 0 Å². The Balaban J connectivity index is 0. The minimum Gasteiger partial charge on any atom is -0.746 e. The van der Waals surface area contributed by atoms with Crippen LogP contribution in [-0.4, -0.2) is 23.0 Å². The largest absolute Gasteiger partial charge is 1.00 e. The van der Waals surface area contributed by atoms with Crippen molar-refractivity contribution in [2.24, 2.45) is 0 Å². The summed E-state index contributed by atoms with van der Waals surface area (Å²) in [6, 6.07) is 0. The summed E-state index contributed by atoms with van der Waals surface area (Å²) in [5.41, 5.74) is 0. The Bertz CT molecular complexity index is 428. The Morgan fingerprint density at radius 1 is 0.607 bits per heavy atom. The first kappa shape index (κ1) is 31.1. The third-order valence-corrected chi connectivity index (χ3v) is 6.90. The van der Waals surface area contributed by atoms with Gasteiger partial charge in [0.05, 0.1) is 0 Å². The minimum absolute atomic E-state index is 0. The first-order valence-corrected chi connectivity index (χ1v) is 13.0. The number of rotatable bonds is 20. The first-order valence-electron chi connectivity index (χ1n) is 11.5. The van der Waals surface area contributed by atoms with E-state index in [9.17, 15) is 18.1 Å². The summed E-state index contributed by atoms with van der Waals surface area (Å²) >= 11 is 0. The molecule has 0 heterocycles. The number of hydrogen-bond acceptors (Lipinski definition) is 4. The van der Waals surface area contributed by atoms with E-state index in [1.54, 1.807) is 0 Å². The number of unbranched alkanes of at least 4 members (excludes halogenated alkanes) is 15. The van der Waals surface area contributed by atoms with Crippen LogP contribution in [-0.2, 0) is 10.1 Å². The smallest absolute Gasteiger partial charge is 0.746 e. The van der Waals surface area contributed by atoms with Crippen molar-refractivity contribution >= 4 is 10.1 Å². The van der Waals surface area contributed by atoms with Crippen molar-refractivity contribution < 1.29 is 47.6 Å². The third kappa shape index (κ3) is 16.6. The van der Waals surface area contributed by atoms with Crippen molar-refractivity contribution in [2.75, 3.05) is 0 Å². The molecule has 0 aromatic carbocycles. The Labute approximate surface area is 197 Å². The summed E-state index contributed by atoms with van der Waals surface area (Å²) in [5.74, 6) is 0. The Hall–Kier alpha value is 0.870. The van der Waals surface area contributed by atoms with Gasteiger partial charge in [-0.3, -0.25) is 0 Å². The van der Waals surface area contributed by atoms with Crippen LogP contribution in [0.25, 0.3) is 0 Å². The van der Waals surface area contributed by atoms with Crippen LogP contribution in [0.15, 0.2) is 0 Å². The van der Waals surface area contributed by atoms with Crippen molar-refractivity contribution in [1.82, 2.24) is 0 Å². The van der Waals surface area contributed by atoms with Gasteiger partial charge in [-0.15, -0.1) is 0 Å². The maximum atomic E-state index is 11.5. The van der Waals surface area contributed by atoms with E-state index in [-0.39, 0.29) is 42.4 Å². The van der Waals surface area contributed by atoms with Crippen molar-refractivity contribution in [1.29, 1.82) is 0 Å². The SMILES string of the molecule is CCCCCCCCCCCCCC(O)(CCCCCCCC)S(=O)(=O)[O-].[Na+]. The minimum atomic E-state index is -4.67. The van der Waals surface area contributed by atoms with E-state index in [2.05, 4.69) is 13.8 Å². The monoisotopic (exact) mass is 428 g/mol. The Kier molecular flexibility index (Phi) is 22.0. The molecule has 0 saturated heterocycles. The normalized spacial score (nSPS) is 13.9. The molecule has 0 bridgehead atoms. The molecule has 0 aliphatic rings. The summed E-state index contributed by atoms with van der Waals surface area (Å²) < 4.78 is 34.6. The van der Waals surface area contributed by atoms with Gasteiger partial charge in [0, 0.05) is 0 Å². The third-order valence-electron chi connectivity index (χ3n) is 5.56. The van der Waals surface area contributed by atoms with E-state index < -0.39 is 15.1 Å². The zero-order valence-corrected chi connectivity index (χ0v) is 21.8. The van der Waals surface area contributed by atoms with E-state index in [4.69, 9.17) is 0 Å². The van der Waals surface area contributed by atoms with Gasteiger partial charge in [0.1, 0.15) is 10.1 Å². The van der Waals surface area contributed by atoms with Crippen LogP contribution in [0.1, 0.15) is 136 Å². The Morgan fingerprint density at radius 3 is 1.11 bits per heavy atom. The molecule has 0 amide bonds. The zero-order valence-electron chi connectivity index (χ0n) is 19.0. The van der Waals surface area contributed by atoms with Crippen LogP contribution in [0.2, 0.25) is 0 Å². The molecule has 0 aliphatic carbocycles. The molecule has 6 heteroatoms. The van der Waals surface area contributed by atoms with Gasteiger partial charge >= 0.3 is 29.6 Å². The second kappa shape index (κ2) is 19.8. The van der Waals surface area contributed by atoms with Crippen molar-refractivity contribution in [3.63, 3.8) is 0 Å². The van der Waals surface area contributed by atoms with E-state index in [1.807, 2.05) is 0 Å². The second-order valence-electron chi connectivity index (χ2n) is 8.20. The summed E-state index contributed by atoms with van der Waals surface area (Å²) in [6.07, 6.45) is 19.0. The molecule has 0 fully saturated rings. The van der Waals surface area contributed by atoms with Crippen LogP contribution >= 0.6 is 0 Å². The summed E-state index contributed by atoms with van der Waals surface area (Å²) in [6.45, 7) is 4.38. The molecule has 164 valence electrons. The molecule has 0 aliphatic heterocycles. The van der Waals surface area contributed by atoms with E-state index in [0.29, 0.717) is 12.8 Å². The van der Waals surface area contributed by atoms with Gasteiger partial charge < -0.3 is 9.66 Å². The van der Waals surface area contributed by atoms with Gasteiger partial charge in [-0.05, 0) is 25.7 Å². The molecule has 4 nitrogen and oxygen atoms in total. The molecule has 1 unspecified atom stereocenters. The molecule has 0 rings (SSSR count). The number of hydrogen-bond donors (Lipinski definition) is 1. The zero-order chi connectivity index (χ0) is 20.4. The molecule has 28 heavy (non-hydrogen) atoms. The van der Waals surface area contributed by atoms with Gasteiger partial charge in [0.2, 0.25) is 0 Å². The van der Waals surface area contributed by atoms with Gasteiger partial charge in [0.25, 0.3) is 0 Å². The first-order chi connectivity index (χ1) is 12.9. The topological polar surface area (TPSA) is 77.4 Å². The molecule has 0 radical (unpaired) electrons. The molecule has 0 aromatic heterocycles. The van der Waals surface area contributed by atoms with Gasteiger partial charge in [0.15, 0.2) is 4.93 Å². The van der Waals surface area contributed by atoms with E-state index in [0.717, 1.165) is 44.9 Å². The predicted octanol–water partition coefficient (Wildman–Crippen LogP) is 3.68. The molecule has 0 aromatic rings. The van der Waals surface area contributed by atoms with Crippen LogP contribution in [0.5, 0.6) is 0 Å². The maximum absolute atomic E-state index is 11.5. The van der Waals surface area contributed by atoms with Crippen molar-refractivity contribution in [3.05, 3.63) is 0 Å². The molecular formula is C22H45NaO4S. The second-order valence-corrected chi connectivity index (χ2v) is 9.87. The van der Waals surface area contributed by atoms with Crippen LogP contribution in [0.4, 0.5) is 0 Å². The van der Waals surface area contributed by atoms with E-state index >= 15 is 0 Å². The fourth-order valence-corrected chi connectivity index (χ4v) is 4.41. The molecule has 0 saturated carbocycles. The molecule has 0 spiro atoms. The molecule has 1 N–H and O–H groups in total. The van der Waals surface area contributed by atoms with E-state index in [1.165, 1.54) is 51.4 Å². The number of aliphatic hydroxyl groups is 1. The van der Waals surface area contributed by atoms with Crippen LogP contribution in [0.3, 0.4) is 0 Å². The van der Waals surface area contributed by atoms with Gasteiger partial charge in [-0.25, -0.2) is 8.42 Å². The van der Waals surface area contributed by atoms with Gasteiger partial charge in [-0.1, -0.05) is 110 Å². The van der Waals surface area contributed by atoms with Crippen LogP contribution in [0, 0.1) is 0 Å². The maximum Gasteiger partial charge on any atom is 1.00 e. The molecule has 1 atom stereocenters. The Morgan fingerprint density at radius 2 is 0.857 bits per heavy atom. The quantitative estimate of drug-likeness (QED) is 0.182. The van der Waals surface area contributed by atoms with Crippen molar-refractivity contribution in [2.45, 2.75) is 141 Å². The fraction of sp³-hybridized carbons (Fsp3) is 1.00. The van der Waals surface area contributed by atoms with Crippen LogP contribution < -0.4 is 29.6 Å². The molecular weight excluding hydrogens is 383 g/mol. The van der Waals surface area contributed by atoms with Crippen molar-refractivity contribution in [3.8, 4) is 0 Å². The predicted molar refractivity (Wildman–Crippen MR) is 114 cm³/mol. The summed E-state index contributed by atoms with van der Waals surface area (Å²) in [5, 5.41) is 10.4. The summed E-state index contributed by atoms with van der Waals surface area (Å²) in [4.78, 5) is -2.06. The standard InChI is InChI=1S/C22H46O4S.Na/c1-3-5-7-9-11-12-13-14-15-17-19-21-22(23,27(24,25)26)20-18-16-10-8-6-4-2;/h23H,3-21H2,1-2H3,(H,24,25,26);/q;+1/p-1. The average Bonchev–Trinajstić information content (AvgIpc) is 2.61. The summed E-state index contributed by atoms with van der Waals surface area (Å²) in [7, 11) is -4.67.